The highest BCUT2D eigenvalue weighted by atomic mass is 32.2. The molecule has 1 aromatic rings. The monoisotopic (exact) mass is 263 g/mol. The Labute approximate surface area is 109 Å². The number of carboxylic acid groups (broad SMARTS) is 1. The maximum absolute atomic E-state index is 12.4. The van der Waals surface area contributed by atoms with Crippen LogP contribution in [0.3, 0.4) is 0 Å². The van der Waals surface area contributed by atoms with Crippen LogP contribution in [0.5, 0.6) is 0 Å². The first-order chi connectivity index (χ1) is 8.68. The summed E-state index contributed by atoms with van der Waals surface area (Å²) in [5.41, 5.74) is 2.26. The average Bonchev–Trinajstić information content (AvgIpc) is 2.79. The molecule has 1 aromatic carbocycles. The van der Waals surface area contributed by atoms with Crippen molar-refractivity contribution in [1.29, 1.82) is 0 Å². The zero-order valence-corrected chi connectivity index (χ0v) is 10.5. The molecule has 1 N–H and O–H groups in total. The average molecular weight is 263 g/mol. The number of carboxylic acids is 1. The molecule has 0 saturated carbocycles. The van der Waals surface area contributed by atoms with Crippen LogP contribution in [0, 0.1) is 0 Å². The first-order valence-electron chi connectivity index (χ1n) is 5.87. The van der Waals surface area contributed by atoms with Crippen molar-refractivity contribution in [3.63, 3.8) is 0 Å². The number of hydrogen-bond acceptors (Lipinski definition) is 3. The second-order valence-corrected chi connectivity index (χ2v) is 5.62. The highest BCUT2D eigenvalue weighted by Gasteiger charge is 2.41. The van der Waals surface area contributed by atoms with Crippen LogP contribution in [-0.4, -0.2) is 39.6 Å². The highest BCUT2D eigenvalue weighted by Crippen LogP contribution is 2.38. The number of hydrogen-bond donors (Lipinski definition) is 1. The summed E-state index contributed by atoms with van der Waals surface area (Å²) in [6.45, 7) is 0. The van der Waals surface area contributed by atoms with Gasteiger partial charge in [-0.15, -0.1) is 11.8 Å². The van der Waals surface area contributed by atoms with E-state index in [1.165, 1.54) is 22.2 Å². The van der Waals surface area contributed by atoms with Gasteiger partial charge >= 0.3 is 5.97 Å². The van der Waals surface area contributed by atoms with E-state index in [2.05, 4.69) is 0 Å². The Morgan fingerprint density at radius 3 is 2.83 bits per heavy atom. The molecule has 1 aliphatic heterocycles. The van der Waals surface area contributed by atoms with Crippen molar-refractivity contribution >= 4 is 23.6 Å². The van der Waals surface area contributed by atoms with E-state index in [1.54, 1.807) is 0 Å². The van der Waals surface area contributed by atoms with Gasteiger partial charge in [-0.3, -0.25) is 4.79 Å². The molecule has 1 saturated heterocycles. The highest BCUT2D eigenvalue weighted by molar-refractivity contribution is 7.99. The zero-order valence-electron chi connectivity index (χ0n) is 9.70. The zero-order chi connectivity index (χ0) is 12.7. The summed E-state index contributed by atoms with van der Waals surface area (Å²) >= 11 is 1.50. The Balaban J connectivity index is 1.79. The fraction of sp³-hybridized carbons (Fsp3) is 0.385. The third kappa shape index (κ3) is 1.70. The number of rotatable bonds is 2. The van der Waals surface area contributed by atoms with Gasteiger partial charge in [-0.05, 0) is 17.5 Å². The number of carbonyl (C=O) groups is 2. The third-order valence-electron chi connectivity index (χ3n) is 3.60. The predicted molar refractivity (Wildman–Crippen MR) is 68.5 cm³/mol. The summed E-state index contributed by atoms with van der Waals surface area (Å²) in [6.07, 6.45) is 0.739. The lowest BCUT2D eigenvalue weighted by molar-refractivity contribution is -0.148. The van der Waals surface area contributed by atoms with E-state index in [9.17, 15) is 9.59 Å². The second-order valence-electron chi connectivity index (χ2n) is 4.62. The van der Waals surface area contributed by atoms with Crippen molar-refractivity contribution in [3.8, 4) is 0 Å². The maximum Gasteiger partial charge on any atom is 0.327 e. The van der Waals surface area contributed by atoms with E-state index in [-0.39, 0.29) is 11.8 Å². The lowest BCUT2D eigenvalue weighted by Crippen LogP contribution is -2.46. The molecule has 1 amide bonds. The van der Waals surface area contributed by atoms with Gasteiger partial charge in [0.1, 0.15) is 6.04 Å². The standard InChI is InChI=1S/C13H13NO3S/c15-12(14-7-18-6-11(14)13(16)17)10-5-8-3-1-2-4-9(8)10/h1-4,10-11H,5-7H2,(H,16,17). The van der Waals surface area contributed by atoms with E-state index in [4.69, 9.17) is 5.11 Å². The molecule has 0 bridgehead atoms. The summed E-state index contributed by atoms with van der Waals surface area (Å²) in [5, 5.41) is 9.09. The van der Waals surface area contributed by atoms with Crippen molar-refractivity contribution < 1.29 is 14.7 Å². The second kappa shape index (κ2) is 4.31. The van der Waals surface area contributed by atoms with Crippen LogP contribution < -0.4 is 0 Å². The molecule has 4 nitrogen and oxygen atoms in total. The third-order valence-corrected chi connectivity index (χ3v) is 4.62. The number of fused-ring (bicyclic) bond motifs is 1. The fourth-order valence-corrected chi connectivity index (χ4v) is 3.70. The van der Waals surface area contributed by atoms with Crippen molar-refractivity contribution in [1.82, 2.24) is 4.90 Å². The Kier molecular flexibility index (Phi) is 2.78. The van der Waals surface area contributed by atoms with Crippen molar-refractivity contribution in [2.45, 2.75) is 18.4 Å². The van der Waals surface area contributed by atoms with Gasteiger partial charge in [0.05, 0.1) is 11.8 Å². The molecule has 18 heavy (non-hydrogen) atoms. The van der Waals surface area contributed by atoms with Crippen molar-refractivity contribution in [2.75, 3.05) is 11.6 Å². The summed E-state index contributed by atoms with van der Waals surface area (Å²) in [6, 6.07) is 7.21. The van der Waals surface area contributed by atoms with E-state index < -0.39 is 12.0 Å². The molecule has 0 radical (unpaired) electrons. The normalized spacial score (nSPS) is 25.4. The Morgan fingerprint density at radius 1 is 1.33 bits per heavy atom. The minimum atomic E-state index is -0.902. The first kappa shape index (κ1) is 11.6. The van der Waals surface area contributed by atoms with E-state index in [0.717, 1.165) is 12.0 Å². The molecule has 1 fully saturated rings. The van der Waals surface area contributed by atoms with Crippen LogP contribution in [-0.2, 0) is 16.0 Å². The number of thioether (sulfide) groups is 1. The van der Waals surface area contributed by atoms with E-state index in [0.29, 0.717) is 11.6 Å². The molecule has 5 heteroatoms. The predicted octanol–water partition coefficient (Wildman–Crippen LogP) is 1.31. The topological polar surface area (TPSA) is 57.6 Å². The number of aliphatic carboxylic acids is 1. The van der Waals surface area contributed by atoms with Gasteiger partial charge in [0, 0.05) is 5.75 Å². The molecule has 1 heterocycles. The lowest BCUT2D eigenvalue weighted by atomic mass is 9.77. The van der Waals surface area contributed by atoms with Gasteiger partial charge < -0.3 is 10.0 Å². The lowest BCUT2D eigenvalue weighted by Gasteiger charge is -2.33. The molecule has 0 aromatic heterocycles. The van der Waals surface area contributed by atoms with Gasteiger partial charge in [0.15, 0.2) is 0 Å². The molecule has 1 aliphatic carbocycles. The molecular formula is C13H13NO3S. The van der Waals surface area contributed by atoms with Gasteiger partial charge in [-0.1, -0.05) is 24.3 Å². The van der Waals surface area contributed by atoms with Crippen molar-refractivity contribution in [2.24, 2.45) is 0 Å². The molecule has 2 aliphatic rings. The van der Waals surface area contributed by atoms with Crippen LogP contribution in [0.15, 0.2) is 24.3 Å². The summed E-state index contributed by atoms with van der Waals surface area (Å²) in [4.78, 5) is 24.9. The van der Waals surface area contributed by atoms with Crippen molar-refractivity contribution in [3.05, 3.63) is 35.4 Å². The smallest absolute Gasteiger partial charge is 0.327 e. The summed E-state index contributed by atoms with van der Waals surface area (Å²) < 4.78 is 0. The SMILES string of the molecule is O=C(O)C1CSCN1C(=O)C1Cc2ccccc21. The minimum Gasteiger partial charge on any atom is -0.480 e. The number of nitrogens with zero attached hydrogens (tertiary/aromatic N) is 1. The number of amides is 1. The molecule has 0 spiro atoms. The molecular weight excluding hydrogens is 250 g/mol. The summed E-state index contributed by atoms with van der Waals surface area (Å²) in [5.74, 6) is -0.0852. The van der Waals surface area contributed by atoms with Crippen LogP contribution in [0.2, 0.25) is 0 Å². The molecule has 3 rings (SSSR count). The van der Waals surface area contributed by atoms with E-state index in [1.807, 2.05) is 24.3 Å². The van der Waals surface area contributed by atoms with Crippen LogP contribution in [0.4, 0.5) is 0 Å². The van der Waals surface area contributed by atoms with Gasteiger partial charge in [-0.25, -0.2) is 4.79 Å². The Morgan fingerprint density at radius 2 is 2.11 bits per heavy atom. The molecule has 2 unspecified atom stereocenters. The van der Waals surface area contributed by atoms with Crippen LogP contribution in [0.25, 0.3) is 0 Å². The largest absolute Gasteiger partial charge is 0.480 e. The first-order valence-corrected chi connectivity index (χ1v) is 7.03. The fourth-order valence-electron chi connectivity index (χ4n) is 2.54. The number of carbonyl (C=O) groups excluding carboxylic acids is 1. The Bertz CT molecular complexity index is 517. The minimum absolute atomic E-state index is 0.0360. The summed E-state index contributed by atoms with van der Waals surface area (Å²) in [7, 11) is 0. The van der Waals surface area contributed by atoms with Crippen LogP contribution in [0.1, 0.15) is 17.0 Å². The maximum atomic E-state index is 12.4. The van der Waals surface area contributed by atoms with Crippen LogP contribution >= 0.6 is 11.8 Å². The molecule has 2 atom stereocenters. The molecule has 94 valence electrons. The van der Waals surface area contributed by atoms with Gasteiger partial charge in [-0.2, -0.15) is 0 Å². The van der Waals surface area contributed by atoms with Gasteiger partial charge in [0.2, 0.25) is 5.91 Å². The quantitative estimate of drug-likeness (QED) is 0.874. The van der Waals surface area contributed by atoms with E-state index >= 15 is 0 Å². The number of benzene rings is 1. The van der Waals surface area contributed by atoms with Gasteiger partial charge in [0.25, 0.3) is 0 Å². The Hall–Kier alpha value is -1.49.